The maximum atomic E-state index is 11.6. The number of alkyl carbamates (subject to hydrolysis) is 1. The molecule has 0 spiro atoms. The summed E-state index contributed by atoms with van der Waals surface area (Å²) in [7, 11) is 0. The van der Waals surface area contributed by atoms with Gasteiger partial charge in [0, 0.05) is 18.0 Å². The molecule has 1 aromatic heterocycles. The predicted molar refractivity (Wildman–Crippen MR) is 92.9 cm³/mol. The van der Waals surface area contributed by atoms with Gasteiger partial charge in [0.2, 0.25) is 11.8 Å². The number of nitrogens with one attached hydrogen (secondary N) is 3. The number of amides is 3. The third kappa shape index (κ3) is 9.83. The Bertz CT molecular complexity index is 538. The van der Waals surface area contributed by atoms with Crippen LogP contribution in [0.4, 0.5) is 4.79 Å². The number of thiophene rings is 1. The van der Waals surface area contributed by atoms with Crippen molar-refractivity contribution < 1.29 is 19.1 Å². The maximum absolute atomic E-state index is 11.6. The quantitative estimate of drug-likeness (QED) is 0.615. The van der Waals surface area contributed by atoms with Crippen molar-refractivity contribution in [2.45, 2.75) is 39.2 Å². The molecule has 3 amide bonds. The van der Waals surface area contributed by atoms with Crippen LogP contribution in [0.2, 0.25) is 0 Å². The van der Waals surface area contributed by atoms with Crippen LogP contribution in [-0.4, -0.2) is 43.1 Å². The van der Waals surface area contributed by atoms with Gasteiger partial charge in [-0.05, 0) is 38.6 Å². The van der Waals surface area contributed by atoms with Crippen molar-refractivity contribution >= 4 is 29.2 Å². The number of carbonyl (C=O) groups excluding carboxylic acids is 3. The number of hydrogen-bond acceptors (Lipinski definition) is 5. The zero-order valence-electron chi connectivity index (χ0n) is 14.3. The first-order valence-electron chi connectivity index (χ1n) is 7.79. The summed E-state index contributed by atoms with van der Waals surface area (Å²) >= 11 is 1.55. The molecule has 0 aliphatic carbocycles. The molecule has 1 aromatic rings. The van der Waals surface area contributed by atoms with E-state index in [1.54, 1.807) is 32.1 Å². The molecule has 0 atom stereocenters. The van der Waals surface area contributed by atoms with E-state index >= 15 is 0 Å². The summed E-state index contributed by atoms with van der Waals surface area (Å²) in [5.41, 5.74) is -0.595. The highest BCUT2D eigenvalue weighted by Gasteiger charge is 2.16. The fourth-order valence-corrected chi connectivity index (χ4v) is 2.41. The zero-order valence-corrected chi connectivity index (χ0v) is 15.1. The molecule has 134 valence electrons. The van der Waals surface area contributed by atoms with Gasteiger partial charge in [-0.3, -0.25) is 9.59 Å². The Morgan fingerprint density at radius 3 is 2.33 bits per heavy atom. The lowest BCUT2D eigenvalue weighted by molar-refractivity contribution is -0.120. The van der Waals surface area contributed by atoms with E-state index in [0.717, 1.165) is 4.88 Å². The summed E-state index contributed by atoms with van der Waals surface area (Å²) in [6.07, 6.45) is 0.372. The summed E-state index contributed by atoms with van der Waals surface area (Å²) in [5.74, 6) is -0.332. The van der Waals surface area contributed by atoms with Crippen molar-refractivity contribution in [2.24, 2.45) is 0 Å². The van der Waals surface area contributed by atoms with E-state index in [1.807, 2.05) is 17.5 Å². The standard InChI is InChI=1S/C16H25N3O4S/c1-16(2,3)23-15(22)19-11-14(21)18-8-5-7-17-13(20)10-12-6-4-9-24-12/h4,6,9H,5,7-8,10-11H2,1-3H3,(H,17,20)(H,18,21)(H,19,22). The van der Waals surface area contributed by atoms with E-state index in [9.17, 15) is 14.4 Å². The minimum atomic E-state index is -0.626. The van der Waals surface area contributed by atoms with Crippen molar-refractivity contribution in [3.63, 3.8) is 0 Å². The average Bonchev–Trinajstić information content (AvgIpc) is 2.95. The van der Waals surface area contributed by atoms with Gasteiger partial charge in [-0.1, -0.05) is 6.07 Å². The van der Waals surface area contributed by atoms with Gasteiger partial charge < -0.3 is 20.7 Å². The van der Waals surface area contributed by atoms with Crippen LogP contribution >= 0.6 is 11.3 Å². The minimum absolute atomic E-state index is 0.0321. The second kappa shape index (κ2) is 9.92. The molecule has 1 rings (SSSR count). The van der Waals surface area contributed by atoms with Crippen molar-refractivity contribution in [3.8, 4) is 0 Å². The van der Waals surface area contributed by atoms with Crippen LogP contribution in [0.25, 0.3) is 0 Å². The Hall–Kier alpha value is -2.09. The molecule has 0 aliphatic heterocycles. The SMILES string of the molecule is CC(C)(C)OC(=O)NCC(=O)NCCCNC(=O)Cc1cccs1. The maximum Gasteiger partial charge on any atom is 0.408 e. The largest absolute Gasteiger partial charge is 0.444 e. The van der Waals surface area contributed by atoms with E-state index in [4.69, 9.17) is 4.74 Å². The van der Waals surface area contributed by atoms with Gasteiger partial charge in [-0.25, -0.2) is 4.79 Å². The molecule has 0 unspecified atom stereocenters. The van der Waals surface area contributed by atoms with Crippen LogP contribution in [0, 0.1) is 0 Å². The molecule has 0 fully saturated rings. The van der Waals surface area contributed by atoms with Crippen LogP contribution in [-0.2, 0) is 20.7 Å². The van der Waals surface area contributed by atoms with Gasteiger partial charge in [0.1, 0.15) is 5.60 Å². The molecular formula is C16H25N3O4S. The highest BCUT2D eigenvalue weighted by Crippen LogP contribution is 2.08. The topological polar surface area (TPSA) is 96.5 Å². The monoisotopic (exact) mass is 355 g/mol. The second-order valence-electron chi connectivity index (χ2n) is 6.17. The summed E-state index contributed by atoms with van der Waals surface area (Å²) in [6.45, 7) is 6.02. The lowest BCUT2D eigenvalue weighted by Gasteiger charge is -2.19. The molecule has 0 aliphatic rings. The Labute approximate surface area is 146 Å². The Morgan fingerprint density at radius 1 is 1.08 bits per heavy atom. The number of hydrogen-bond donors (Lipinski definition) is 3. The summed E-state index contributed by atoms with van der Waals surface area (Å²) in [6, 6.07) is 3.83. The molecule has 3 N–H and O–H groups in total. The molecular weight excluding hydrogens is 330 g/mol. The molecule has 8 heteroatoms. The molecule has 0 saturated heterocycles. The Balaban J connectivity index is 2.03. The summed E-state index contributed by atoms with van der Waals surface area (Å²) < 4.78 is 5.02. The van der Waals surface area contributed by atoms with E-state index in [2.05, 4.69) is 16.0 Å². The van der Waals surface area contributed by atoms with Crippen molar-refractivity contribution in [1.82, 2.24) is 16.0 Å². The van der Waals surface area contributed by atoms with Crippen molar-refractivity contribution in [1.29, 1.82) is 0 Å². The molecule has 0 saturated carbocycles. The van der Waals surface area contributed by atoms with Gasteiger partial charge >= 0.3 is 6.09 Å². The van der Waals surface area contributed by atoms with Gasteiger partial charge in [0.25, 0.3) is 0 Å². The third-order valence-electron chi connectivity index (χ3n) is 2.70. The minimum Gasteiger partial charge on any atom is -0.444 e. The lowest BCUT2D eigenvalue weighted by Crippen LogP contribution is -2.40. The molecule has 0 aromatic carbocycles. The van der Waals surface area contributed by atoms with E-state index in [1.165, 1.54) is 0 Å². The van der Waals surface area contributed by atoms with Crippen molar-refractivity contribution in [3.05, 3.63) is 22.4 Å². The molecule has 7 nitrogen and oxygen atoms in total. The molecule has 24 heavy (non-hydrogen) atoms. The Kier molecular flexibility index (Phi) is 8.25. The summed E-state index contributed by atoms with van der Waals surface area (Å²) in [5, 5.41) is 9.77. The highest BCUT2D eigenvalue weighted by atomic mass is 32.1. The normalized spacial score (nSPS) is 10.8. The zero-order chi connectivity index (χ0) is 18.0. The third-order valence-corrected chi connectivity index (χ3v) is 3.58. The van der Waals surface area contributed by atoms with E-state index in [-0.39, 0.29) is 18.4 Å². The molecule has 0 bridgehead atoms. The van der Waals surface area contributed by atoms with Gasteiger partial charge in [-0.15, -0.1) is 11.3 Å². The fraction of sp³-hybridized carbons (Fsp3) is 0.562. The predicted octanol–water partition coefficient (Wildman–Crippen LogP) is 1.44. The van der Waals surface area contributed by atoms with Crippen molar-refractivity contribution in [2.75, 3.05) is 19.6 Å². The van der Waals surface area contributed by atoms with E-state index in [0.29, 0.717) is 25.9 Å². The van der Waals surface area contributed by atoms with Crippen LogP contribution in [0.5, 0.6) is 0 Å². The molecule has 0 radical (unpaired) electrons. The fourth-order valence-electron chi connectivity index (χ4n) is 1.71. The average molecular weight is 355 g/mol. The lowest BCUT2D eigenvalue weighted by atomic mass is 10.2. The number of carbonyl (C=O) groups is 3. The number of ether oxygens (including phenoxy) is 1. The summed E-state index contributed by atoms with van der Waals surface area (Å²) in [4.78, 5) is 35.6. The van der Waals surface area contributed by atoms with Crippen LogP contribution < -0.4 is 16.0 Å². The second-order valence-corrected chi connectivity index (χ2v) is 7.20. The first-order valence-corrected chi connectivity index (χ1v) is 8.67. The number of rotatable bonds is 8. The first kappa shape index (κ1) is 20.0. The van der Waals surface area contributed by atoms with Crippen LogP contribution in [0.1, 0.15) is 32.1 Å². The van der Waals surface area contributed by atoms with Gasteiger partial charge in [-0.2, -0.15) is 0 Å². The molecule has 1 heterocycles. The van der Waals surface area contributed by atoms with Crippen LogP contribution in [0.15, 0.2) is 17.5 Å². The van der Waals surface area contributed by atoms with Gasteiger partial charge in [0.15, 0.2) is 0 Å². The van der Waals surface area contributed by atoms with Gasteiger partial charge in [0.05, 0.1) is 13.0 Å². The Morgan fingerprint density at radius 2 is 1.75 bits per heavy atom. The highest BCUT2D eigenvalue weighted by molar-refractivity contribution is 7.10. The van der Waals surface area contributed by atoms with E-state index < -0.39 is 11.7 Å². The first-order chi connectivity index (χ1) is 11.3. The smallest absolute Gasteiger partial charge is 0.408 e. The van der Waals surface area contributed by atoms with Crippen LogP contribution in [0.3, 0.4) is 0 Å².